The molecule has 1 rings (SSSR count). The van der Waals surface area contributed by atoms with Crippen LogP contribution >= 0.6 is 0 Å². The van der Waals surface area contributed by atoms with Crippen molar-refractivity contribution in [2.24, 2.45) is 0 Å². The summed E-state index contributed by atoms with van der Waals surface area (Å²) in [4.78, 5) is 47.9. The molecule has 1 fully saturated rings. The summed E-state index contributed by atoms with van der Waals surface area (Å²) >= 11 is 0. The Morgan fingerprint density at radius 2 is 0.914 bits per heavy atom. The predicted molar refractivity (Wildman–Crippen MR) is 118 cm³/mol. The van der Waals surface area contributed by atoms with Crippen molar-refractivity contribution in [3.8, 4) is 0 Å². The number of hydrogen-bond acceptors (Lipinski definition) is 11. The molecule has 35 heavy (non-hydrogen) atoms. The van der Waals surface area contributed by atoms with Gasteiger partial charge in [0, 0.05) is 13.1 Å². The van der Waals surface area contributed by atoms with Crippen LogP contribution in [0.1, 0.15) is 0 Å². The maximum absolute atomic E-state index is 12.1. The summed E-state index contributed by atoms with van der Waals surface area (Å²) in [6.45, 7) is -0.153. The van der Waals surface area contributed by atoms with Gasteiger partial charge in [-0.05, 0) is 0 Å². The molecule has 2 atom stereocenters. The fourth-order valence-corrected chi connectivity index (χ4v) is 2.59. The molecule has 0 unspecified atom stereocenters. The van der Waals surface area contributed by atoms with Gasteiger partial charge in [0.1, 0.15) is 25.3 Å². The molecular formula is C20H36N4O11. The fourth-order valence-electron chi connectivity index (χ4n) is 2.59. The number of nitrogens with one attached hydrogen (secondary N) is 4. The first-order valence-corrected chi connectivity index (χ1v) is 11.2. The average Bonchev–Trinajstić information content (AvgIpc) is 2.84. The van der Waals surface area contributed by atoms with Crippen LogP contribution in [0, 0.1) is 0 Å². The van der Waals surface area contributed by atoms with Crippen molar-refractivity contribution in [3.63, 3.8) is 0 Å². The van der Waals surface area contributed by atoms with Crippen LogP contribution in [0.15, 0.2) is 0 Å². The Kier molecular flexibility index (Phi) is 17.4. The molecule has 202 valence electrons. The Morgan fingerprint density at radius 1 is 0.571 bits per heavy atom. The number of aliphatic hydroxyl groups is 2. The Morgan fingerprint density at radius 3 is 1.29 bits per heavy atom. The molecule has 1 heterocycles. The number of aliphatic hydroxyl groups excluding tert-OH is 2. The average molecular weight is 509 g/mol. The topological polar surface area (TPSA) is 203 Å². The molecule has 1 aliphatic heterocycles. The number of carbonyl (C=O) groups excluding carboxylic acids is 4. The number of carbonyl (C=O) groups is 4. The molecule has 0 aliphatic carbocycles. The quantitative estimate of drug-likeness (QED) is 0.209. The van der Waals surface area contributed by atoms with Crippen LogP contribution in [-0.2, 0) is 42.9 Å². The van der Waals surface area contributed by atoms with E-state index in [1.807, 2.05) is 0 Å². The van der Waals surface area contributed by atoms with E-state index in [1.54, 1.807) is 0 Å². The van der Waals surface area contributed by atoms with Gasteiger partial charge in [0.2, 0.25) is 23.6 Å². The van der Waals surface area contributed by atoms with E-state index in [4.69, 9.17) is 23.7 Å². The third-order valence-electron chi connectivity index (χ3n) is 4.34. The SMILES string of the molecule is O=C1COCCOCCOCC(=O)N[C@@H](CO)C(=O)NCCOCCOCCNC(=O)[C@H](CO)N1. The highest BCUT2D eigenvalue weighted by Crippen LogP contribution is 1.89. The molecule has 0 bridgehead atoms. The lowest BCUT2D eigenvalue weighted by molar-refractivity contribution is -0.133. The van der Waals surface area contributed by atoms with Crippen LogP contribution in [0.5, 0.6) is 0 Å². The van der Waals surface area contributed by atoms with Gasteiger partial charge in [0.05, 0.1) is 66.1 Å². The second-order valence-corrected chi connectivity index (χ2v) is 7.13. The smallest absolute Gasteiger partial charge is 0.246 e. The van der Waals surface area contributed by atoms with Gasteiger partial charge in [-0.1, -0.05) is 0 Å². The van der Waals surface area contributed by atoms with Crippen molar-refractivity contribution in [3.05, 3.63) is 0 Å². The Bertz CT molecular complexity index is 586. The molecule has 1 saturated heterocycles. The zero-order valence-corrected chi connectivity index (χ0v) is 19.6. The van der Waals surface area contributed by atoms with Gasteiger partial charge in [-0.25, -0.2) is 0 Å². The molecule has 0 aromatic carbocycles. The first kappa shape index (κ1) is 30.6. The van der Waals surface area contributed by atoms with Gasteiger partial charge in [-0.3, -0.25) is 19.2 Å². The molecule has 0 saturated carbocycles. The van der Waals surface area contributed by atoms with Crippen molar-refractivity contribution < 1.29 is 53.1 Å². The third kappa shape index (κ3) is 15.3. The molecule has 0 spiro atoms. The van der Waals surface area contributed by atoms with E-state index >= 15 is 0 Å². The van der Waals surface area contributed by atoms with E-state index in [-0.39, 0.29) is 79.2 Å². The van der Waals surface area contributed by atoms with Crippen LogP contribution in [0.25, 0.3) is 0 Å². The molecule has 0 radical (unpaired) electrons. The normalized spacial score (nSPS) is 24.9. The summed E-state index contributed by atoms with van der Waals surface area (Å²) in [5, 5.41) is 28.5. The van der Waals surface area contributed by atoms with Crippen LogP contribution in [-0.4, -0.2) is 138 Å². The monoisotopic (exact) mass is 508 g/mol. The van der Waals surface area contributed by atoms with E-state index in [1.165, 1.54) is 0 Å². The lowest BCUT2D eigenvalue weighted by Crippen LogP contribution is -2.50. The van der Waals surface area contributed by atoms with Gasteiger partial charge < -0.3 is 55.2 Å². The molecule has 15 nitrogen and oxygen atoms in total. The summed E-state index contributed by atoms with van der Waals surface area (Å²) in [6, 6.07) is -2.24. The number of amides is 4. The van der Waals surface area contributed by atoms with Crippen LogP contribution in [0.4, 0.5) is 0 Å². The maximum atomic E-state index is 12.1. The molecule has 4 amide bonds. The fraction of sp³-hybridized carbons (Fsp3) is 0.800. The van der Waals surface area contributed by atoms with E-state index in [0.29, 0.717) is 0 Å². The summed E-state index contributed by atoms with van der Waals surface area (Å²) in [6.07, 6.45) is 0. The predicted octanol–water partition coefficient (Wildman–Crippen LogP) is -4.73. The van der Waals surface area contributed by atoms with Crippen molar-refractivity contribution in [2.75, 3.05) is 92.4 Å². The third-order valence-corrected chi connectivity index (χ3v) is 4.34. The van der Waals surface area contributed by atoms with Gasteiger partial charge in [0.25, 0.3) is 0 Å². The van der Waals surface area contributed by atoms with Gasteiger partial charge >= 0.3 is 0 Å². The molecule has 0 aromatic rings. The summed E-state index contributed by atoms with van der Waals surface area (Å²) in [5.74, 6) is -2.28. The minimum Gasteiger partial charge on any atom is -0.394 e. The maximum Gasteiger partial charge on any atom is 0.246 e. The molecule has 1 aliphatic rings. The Labute approximate surface area is 203 Å². The van der Waals surface area contributed by atoms with Crippen LogP contribution in [0.2, 0.25) is 0 Å². The molecular weight excluding hydrogens is 472 g/mol. The minimum atomic E-state index is -1.12. The Hall–Kier alpha value is -2.40. The van der Waals surface area contributed by atoms with Crippen LogP contribution < -0.4 is 21.3 Å². The minimum absolute atomic E-state index is 0.0955. The van der Waals surface area contributed by atoms with E-state index < -0.39 is 48.9 Å². The summed E-state index contributed by atoms with van der Waals surface area (Å²) in [5.41, 5.74) is 0. The largest absolute Gasteiger partial charge is 0.394 e. The molecule has 6 N–H and O–H groups in total. The molecule has 0 aromatic heterocycles. The second-order valence-electron chi connectivity index (χ2n) is 7.13. The standard InChI is InChI=1S/C20H36N4O11/c25-11-15-19(29)21-1-3-31-5-6-32-4-2-22-20(30)16(12-26)24-18(28)14-35-10-8-33-7-9-34-13-17(27)23-15/h15-16,25-26H,1-14H2,(H,21,29)(H,22,30)(H,23,27)(H,24,28)/t15-,16-/m0/s1. The Balaban J connectivity index is 2.47. The lowest BCUT2D eigenvalue weighted by atomic mass is 10.3. The van der Waals surface area contributed by atoms with Crippen molar-refractivity contribution in [1.29, 1.82) is 0 Å². The lowest BCUT2D eigenvalue weighted by Gasteiger charge is -2.16. The van der Waals surface area contributed by atoms with Crippen molar-refractivity contribution in [2.45, 2.75) is 12.1 Å². The number of hydrogen-bond donors (Lipinski definition) is 6. The summed E-state index contributed by atoms with van der Waals surface area (Å²) in [7, 11) is 0. The highest BCUT2D eigenvalue weighted by molar-refractivity contribution is 5.88. The first-order valence-electron chi connectivity index (χ1n) is 11.2. The highest BCUT2D eigenvalue weighted by Gasteiger charge is 2.20. The zero-order valence-electron chi connectivity index (χ0n) is 19.6. The van der Waals surface area contributed by atoms with Gasteiger partial charge in [-0.15, -0.1) is 0 Å². The second kappa shape index (κ2) is 19.9. The molecule has 15 heteroatoms. The van der Waals surface area contributed by atoms with Crippen LogP contribution in [0.3, 0.4) is 0 Å². The van der Waals surface area contributed by atoms with E-state index in [9.17, 15) is 29.4 Å². The first-order chi connectivity index (χ1) is 17.0. The highest BCUT2D eigenvalue weighted by atomic mass is 16.5. The van der Waals surface area contributed by atoms with Crippen molar-refractivity contribution >= 4 is 23.6 Å². The zero-order chi connectivity index (χ0) is 25.7. The summed E-state index contributed by atoms with van der Waals surface area (Å²) < 4.78 is 26.2. The van der Waals surface area contributed by atoms with E-state index in [0.717, 1.165) is 0 Å². The van der Waals surface area contributed by atoms with E-state index in [2.05, 4.69) is 21.3 Å². The van der Waals surface area contributed by atoms with Gasteiger partial charge in [-0.2, -0.15) is 0 Å². The van der Waals surface area contributed by atoms with Crippen molar-refractivity contribution in [1.82, 2.24) is 21.3 Å². The van der Waals surface area contributed by atoms with Gasteiger partial charge in [0.15, 0.2) is 0 Å². The number of rotatable bonds is 2. The number of ether oxygens (including phenoxy) is 5.